The van der Waals surface area contributed by atoms with Crippen molar-refractivity contribution in [2.75, 3.05) is 5.75 Å². The Labute approximate surface area is 97.6 Å². The number of H-pyrrole nitrogens is 1. The summed E-state index contributed by atoms with van der Waals surface area (Å²) in [7, 11) is -3.78. The number of aryl methyl sites for hydroxylation is 1. The Kier molecular flexibility index (Phi) is 3.37. The van der Waals surface area contributed by atoms with Gasteiger partial charge in [-0.05, 0) is 13.8 Å². The number of aromatic nitrogens is 1. The van der Waals surface area contributed by atoms with Gasteiger partial charge >= 0.3 is 0 Å². The summed E-state index contributed by atoms with van der Waals surface area (Å²) < 4.78 is 23.4. The van der Waals surface area contributed by atoms with Crippen molar-refractivity contribution in [2.45, 2.75) is 25.7 Å². The van der Waals surface area contributed by atoms with Crippen molar-refractivity contribution >= 4 is 15.5 Å². The summed E-state index contributed by atoms with van der Waals surface area (Å²) in [5.41, 5.74) is -1.24. The van der Waals surface area contributed by atoms with Gasteiger partial charge in [0.25, 0.3) is 11.2 Å². The van der Waals surface area contributed by atoms with Gasteiger partial charge in [0.1, 0.15) is 4.90 Å². The number of aromatic amines is 1. The van der Waals surface area contributed by atoms with Crippen LogP contribution in [-0.4, -0.2) is 24.1 Å². The molecule has 1 aromatic heterocycles. The van der Waals surface area contributed by atoms with E-state index in [-0.39, 0.29) is 22.7 Å². The summed E-state index contributed by atoms with van der Waals surface area (Å²) in [6.07, 6.45) is 0. The molecule has 0 saturated carbocycles. The predicted molar refractivity (Wildman–Crippen MR) is 60.9 cm³/mol. The Morgan fingerprint density at radius 2 is 1.88 bits per heavy atom. The molecule has 0 amide bonds. The second-order valence-corrected chi connectivity index (χ2v) is 5.76. The van der Waals surface area contributed by atoms with Crippen molar-refractivity contribution in [3.8, 4) is 0 Å². The van der Waals surface area contributed by atoms with Crippen molar-refractivity contribution in [1.29, 1.82) is 0 Å². The SMILES string of the molecule is CCS(=O)(=O)c1c(C)c([N+](=O)[O-])c(C)[nH]c1=O. The second kappa shape index (κ2) is 4.28. The Morgan fingerprint density at radius 1 is 1.35 bits per heavy atom. The molecule has 7 nitrogen and oxygen atoms in total. The van der Waals surface area contributed by atoms with Crippen LogP contribution in [0.25, 0.3) is 0 Å². The molecule has 0 aliphatic heterocycles. The molecule has 0 saturated heterocycles. The summed E-state index contributed by atoms with van der Waals surface area (Å²) in [5.74, 6) is -0.281. The van der Waals surface area contributed by atoms with Crippen LogP contribution in [-0.2, 0) is 9.84 Å². The average molecular weight is 260 g/mol. The number of sulfone groups is 1. The molecule has 0 aliphatic rings. The summed E-state index contributed by atoms with van der Waals surface area (Å²) in [5, 5.41) is 10.8. The van der Waals surface area contributed by atoms with Crippen LogP contribution in [0, 0.1) is 24.0 Å². The number of pyridine rings is 1. The fraction of sp³-hybridized carbons (Fsp3) is 0.444. The number of nitrogens with one attached hydrogen (secondary N) is 1. The zero-order chi connectivity index (χ0) is 13.4. The highest BCUT2D eigenvalue weighted by Crippen LogP contribution is 2.24. The van der Waals surface area contributed by atoms with E-state index in [0.29, 0.717) is 0 Å². The first kappa shape index (κ1) is 13.4. The van der Waals surface area contributed by atoms with E-state index in [0.717, 1.165) is 0 Å². The number of rotatable bonds is 3. The lowest BCUT2D eigenvalue weighted by molar-refractivity contribution is -0.386. The summed E-state index contributed by atoms with van der Waals surface area (Å²) in [6.45, 7) is 4.00. The molecule has 0 atom stereocenters. The van der Waals surface area contributed by atoms with Gasteiger partial charge in [-0.15, -0.1) is 0 Å². The fourth-order valence-corrected chi connectivity index (χ4v) is 2.82. The van der Waals surface area contributed by atoms with Crippen LogP contribution in [0.1, 0.15) is 18.2 Å². The Hall–Kier alpha value is -1.70. The van der Waals surface area contributed by atoms with E-state index in [1.165, 1.54) is 20.8 Å². The van der Waals surface area contributed by atoms with E-state index in [9.17, 15) is 23.3 Å². The number of nitrogens with zero attached hydrogens (tertiary/aromatic N) is 1. The van der Waals surface area contributed by atoms with Gasteiger partial charge in [-0.25, -0.2) is 8.42 Å². The zero-order valence-corrected chi connectivity index (χ0v) is 10.4. The quantitative estimate of drug-likeness (QED) is 0.635. The molecule has 94 valence electrons. The molecule has 8 heteroatoms. The normalized spacial score (nSPS) is 11.5. The van der Waals surface area contributed by atoms with Crippen LogP contribution in [0.15, 0.2) is 9.69 Å². The lowest BCUT2D eigenvalue weighted by Crippen LogP contribution is -2.22. The minimum Gasteiger partial charge on any atom is -0.319 e. The van der Waals surface area contributed by atoms with Crippen molar-refractivity contribution < 1.29 is 13.3 Å². The largest absolute Gasteiger partial charge is 0.319 e. The van der Waals surface area contributed by atoms with Crippen molar-refractivity contribution in [2.24, 2.45) is 0 Å². The summed E-state index contributed by atoms with van der Waals surface area (Å²) >= 11 is 0. The highest BCUT2D eigenvalue weighted by atomic mass is 32.2. The molecule has 0 fully saturated rings. The van der Waals surface area contributed by atoms with Gasteiger partial charge in [-0.1, -0.05) is 6.92 Å². The molecule has 17 heavy (non-hydrogen) atoms. The number of hydrogen-bond acceptors (Lipinski definition) is 5. The van der Waals surface area contributed by atoms with Gasteiger partial charge in [-0.2, -0.15) is 0 Å². The van der Waals surface area contributed by atoms with Crippen molar-refractivity contribution in [3.63, 3.8) is 0 Å². The topological polar surface area (TPSA) is 110 Å². The molecule has 0 unspecified atom stereocenters. The number of nitro groups is 1. The molecule has 1 rings (SSSR count). The van der Waals surface area contributed by atoms with Crippen molar-refractivity contribution in [3.05, 3.63) is 31.7 Å². The van der Waals surface area contributed by atoms with Gasteiger partial charge in [0, 0.05) is 0 Å². The summed E-state index contributed by atoms with van der Waals surface area (Å²) in [6, 6.07) is 0. The maximum atomic E-state index is 11.7. The first-order valence-corrected chi connectivity index (χ1v) is 6.48. The maximum Gasteiger partial charge on any atom is 0.292 e. The Morgan fingerprint density at radius 3 is 2.29 bits per heavy atom. The van der Waals surface area contributed by atoms with E-state index in [1.54, 1.807) is 0 Å². The van der Waals surface area contributed by atoms with Crippen LogP contribution in [0.2, 0.25) is 0 Å². The standard InChI is InChI=1S/C9H12N2O5S/c1-4-17(15,16)8-5(2)7(11(13)14)6(3)10-9(8)12/h4H2,1-3H3,(H,10,12). The first-order chi connectivity index (χ1) is 7.72. The molecule has 0 radical (unpaired) electrons. The third-order valence-electron chi connectivity index (χ3n) is 2.43. The van der Waals surface area contributed by atoms with E-state index >= 15 is 0 Å². The van der Waals surface area contributed by atoms with Crippen LogP contribution < -0.4 is 5.56 Å². The second-order valence-electron chi connectivity index (χ2n) is 3.54. The smallest absolute Gasteiger partial charge is 0.292 e. The lowest BCUT2D eigenvalue weighted by Gasteiger charge is -2.07. The third kappa shape index (κ3) is 2.21. The first-order valence-electron chi connectivity index (χ1n) is 4.83. The van der Waals surface area contributed by atoms with E-state index in [1.807, 2.05) is 0 Å². The van der Waals surface area contributed by atoms with E-state index < -0.39 is 25.2 Å². The summed E-state index contributed by atoms with van der Waals surface area (Å²) in [4.78, 5) is 23.4. The minimum atomic E-state index is -3.78. The van der Waals surface area contributed by atoms with Gasteiger partial charge < -0.3 is 4.98 Å². The molecule has 0 aliphatic carbocycles. The predicted octanol–water partition coefficient (Wildman–Crippen LogP) is 0.694. The zero-order valence-electron chi connectivity index (χ0n) is 9.60. The molecule has 0 spiro atoms. The number of hydrogen-bond donors (Lipinski definition) is 1. The monoisotopic (exact) mass is 260 g/mol. The Bertz CT molecular complexity index is 630. The molecule has 0 aromatic carbocycles. The highest BCUT2D eigenvalue weighted by molar-refractivity contribution is 7.91. The third-order valence-corrected chi connectivity index (χ3v) is 4.31. The molecule has 1 aromatic rings. The molecule has 1 heterocycles. The van der Waals surface area contributed by atoms with Gasteiger partial charge in [-0.3, -0.25) is 14.9 Å². The van der Waals surface area contributed by atoms with Crippen LogP contribution >= 0.6 is 0 Å². The van der Waals surface area contributed by atoms with Crippen LogP contribution in [0.5, 0.6) is 0 Å². The van der Waals surface area contributed by atoms with E-state index in [2.05, 4.69) is 4.98 Å². The molecular weight excluding hydrogens is 248 g/mol. The molecule has 1 N–H and O–H groups in total. The van der Waals surface area contributed by atoms with Crippen molar-refractivity contribution in [1.82, 2.24) is 4.98 Å². The van der Waals surface area contributed by atoms with Crippen LogP contribution in [0.3, 0.4) is 0 Å². The fourth-order valence-electron chi connectivity index (χ4n) is 1.64. The minimum absolute atomic E-state index is 0.0487. The van der Waals surface area contributed by atoms with Gasteiger partial charge in [0.2, 0.25) is 0 Å². The Balaban J connectivity index is 3.83. The molecule has 0 bridgehead atoms. The molecular formula is C9H12N2O5S. The highest BCUT2D eigenvalue weighted by Gasteiger charge is 2.27. The van der Waals surface area contributed by atoms with Gasteiger partial charge in [0.15, 0.2) is 9.84 Å². The van der Waals surface area contributed by atoms with E-state index in [4.69, 9.17) is 0 Å². The lowest BCUT2D eigenvalue weighted by atomic mass is 10.2. The maximum absolute atomic E-state index is 11.7. The average Bonchev–Trinajstić information content (AvgIpc) is 2.15. The van der Waals surface area contributed by atoms with Gasteiger partial charge in [0.05, 0.1) is 21.9 Å². The van der Waals surface area contributed by atoms with Crippen LogP contribution in [0.4, 0.5) is 5.69 Å².